The Kier molecular flexibility index (Phi) is 5.01. The quantitative estimate of drug-likeness (QED) is 0.828. The molecule has 0 saturated heterocycles. The lowest BCUT2D eigenvalue weighted by Gasteiger charge is -2.08. The number of aromatic nitrogens is 2. The molecule has 0 radical (unpaired) electrons. The van der Waals surface area contributed by atoms with Crippen LogP contribution in [0.1, 0.15) is 24.5 Å². The van der Waals surface area contributed by atoms with Crippen LogP contribution in [0.3, 0.4) is 0 Å². The first-order valence-corrected chi connectivity index (χ1v) is 6.92. The molecule has 21 heavy (non-hydrogen) atoms. The van der Waals surface area contributed by atoms with Gasteiger partial charge in [-0.05, 0) is 49.7 Å². The SMILES string of the molecule is CCNCCCc1cnn(-c2cccc(C(F)(F)F)c2)c1. The molecule has 1 aromatic carbocycles. The standard InChI is InChI=1S/C15H18F3N3/c1-2-19-8-4-5-12-10-20-21(11-12)14-7-3-6-13(9-14)15(16,17)18/h3,6-7,9-11,19H,2,4-5,8H2,1H3. The summed E-state index contributed by atoms with van der Waals surface area (Å²) >= 11 is 0. The molecule has 0 saturated carbocycles. The average Bonchev–Trinajstić information content (AvgIpc) is 2.92. The van der Waals surface area contributed by atoms with Crippen molar-refractivity contribution in [1.29, 1.82) is 0 Å². The van der Waals surface area contributed by atoms with Gasteiger partial charge in [0.15, 0.2) is 0 Å². The number of alkyl halides is 3. The average molecular weight is 297 g/mol. The number of halogens is 3. The third-order valence-electron chi connectivity index (χ3n) is 3.14. The maximum atomic E-state index is 12.7. The van der Waals surface area contributed by atoms with Crippen molar-refractivity contribution in [2.75, 3.05) is 13.1 Å². The van der Waals surface area contributed by atoms with Crippen molar-refractivity contribution >= 4 is 0 Å². The highest BCUT2D eigenvalue weighted by atomic mass is 19.4. The van der Waals surface area contributed by atoms with Gasteiger partial charge in [0.2, 0.25) is 0 Å². The highest BCUT2D eigenvalue weighted by molar-refractivity contribution is 5.36. The second-order valence-corrected chi connectivity index (χ2v) is 4.80. The third kappa shape index (κ3) is 4.32. The number of rotatable bonds is 6. The van der Waals surface area contributed by atoms with E-state index in [0.717, 1.165) is 43.6 Å². The largest absolute Gasteiger partial charge is 0.416 e. The fourth-order valence-electron chi connectivity index (χ4n) is 2.05. The van der Waals surface area contributed by atoms with Crippen molar-refractivity contribution in [3.05, 3.63) is 47.8 Å². The van der Waals surface area contributed by atoms with E-state index in [4.69, 9.17) is 0 Å². The summed E-state index contributed by atoms with van der Waals surface area (Å²) in [5.74, 6) is 0. The van der Waals surface area contributed by atoms with Crippen LogP contribution in [-0.2, 0) is 12.6 Å². The van der Waals surface area contributed by atoms with Crippen molar-refractivity contribution in [3.63, 3.8) is 0 Å². The van der Waals surface area contributed by atoms with E-state index in [2.05, 4.69) is 10.4 Å². The summed E-state index contributed by atoms with van der Waals surface area (Å²) in [5, 5.41) is 7.37. The van der Waals surface area contributed by atoms with Gasteiger partial charge in [-0.1, -0.05) is 13.0 Å². The van der Waals surface area contributed by atoms with Crippen LogP contribution in [0.25, 0.3) is 5.69 Å². The minimum Gasteiger partial charge on any atom is -0.317 e. The summed E-state index contributed by atoms with van der Waals surface area (Å²) in [6.07, 6.45) is 0.972. The minimum absolute atomic E-state index is 0.419. The predicted molar refractivity (Wildman–Crippen MR) is 75.4 cm³/mol. The van der Waals surface area contributed by atoms with E-state index < -0.39 is 11.7 Å². The highest BCUT2D eigenvalue weighted by Crippen LogP contribution is 2.30. The first-order valence-electron chi connectivity index (χ1n) is 6.92. The molecule has 0 aliphatic heterocycles. The third-order valence-corrected chi connectivity index (χ3v) is 3.14. The van der Waals surface area contributed by atoms with Gasteiger partial charge < -0.3 is 5.32 Å². The maximum Gasteiger partial charge on any atom is 0.416 e. The maximum absolute atomic E-state index is 12.7. The van der Waals surface area contributed by atoms with Crippen molar-refractivity contribution in [3.8, 4) is 5.69 Å². The van der Waals surface area contributed by atoms with Gasteiger partial charge in [-0.2, -0.15) is 18.3 Å². The Balaban J connectivity index is 2.07. The molecule has 2 aromatic rings. The second-order valence-electron chi connectivity index (χ2n) is 4.80. The molecule has 0 unspecified atom stereocenters. The lowest BCUT2D eigenvalue weighted by atomic mass is 10.2. The molecule has 6 heteroatoms. The molecular formula is C15H18F3N3. The highest BCUT2D eigenvalue weighted by Gasteiger charge is 2.30. The van der Waals surface area contributed by atoms with Crippen LogP contribution < -0.4 is 5.32 Å². The molecule has 3 nitrogen and oxygen atoms in total. The summed E-state index contributed by atoms with van der Waals surface area (Å²) in [4.78, 5) is 0. The first kappa shape index (κ1) is 15.6. The number of aryl methyl sites for hydroxylation is 1. The van der Waals surface area contributed by atoms with Gasteiger partial charge >= 0.3 is 6.18 Å². The summed E-state index contributed by atoms with van der Waals surface area (Å²) in [6.45, 7) is 3.90. The molecule has 2 rings (SSSR count). The molecule has 0 amide bonds. The van der Waals surface area contributed by atoms with E-state index in [1.165, 1.54) is 10.7 Å². The number of nitrogens with one attached hydrogen (secondary N) is 1. The van der Waals surface area contributed by atoms with Crippen molar-refractivity contribution in [1.82, 2.24) is 15.1 Å². The molecule has 0 fully saturated rings. The van der Waals surface area contributed by atoms with Gasteiger partial charge in [0.05, 0.1) is 17.4 Å². The zero-order valence-electron chi connectivity index (χ0n) is 11.8. The molecule has 1 aromatic heterocycles. The summed E-state index contributed by atoms with van der Waals surface area (Å²) in [6, 6.07) is 5.18. The van der Waals surface area contributed by atoms with E-state index >= 15 is 0 Å². The second kappa shape index (κ2) is 6.76. The van der Waals surface area contributed by atoms with Crippen molar-refractivity contribution in [2.24, 2.45) is 0 Å². The topological polar surface area (TPSA) is 29.9 Å². The molecule has 0 spiro atoms. The number of hydrogen-bond acceptors (Lipinski definition) is 2. The molecule has 0 atom stereocenters. The van der Waals surface area contributed by atoms with Gasteiger partial charge in [-0.3, -0.25) is 0 Å². The Morgan fingerprint density at radius 3 is 2.81 bits per heavy atom. The Hall–Kier alpha value is -1.82. The van der Waals surface area contributed by atoms with Gasteiger partial charge in [0, 0.05) is 6.20 Å². The summed E-state index contributed by atoms with van der Waals surface area (Å²) < 4.78 is 39.6. The van der Waals surface area contributed by atoms with Crippen LogP contribution in [0.2, 0.25) is 0 Å². The van der Waals surface area contributed by atoms with E-state index in [1.807, 2.05) is 6.92 Å². The lowest BCUT2D eigenvalue weighted by molar-refractivity contribution is -0.137. The Morgan fingerprint density at radius 2 is 2.10 bits per heavy atom. The molecule has 0 bridgehead atoms. The van der Waals surface area contributed by atoms with Crippen LogP contribution in [-0.4, -0.2) is 22.9 Å². The normalized spacial score (nSPS) is 11.8. The molecule has 0 aliphatic carbocycles. The van der Waals surface area contributed by atoms with Crippen LogP contribution in [0.4, 0.5) is 13.2 Å². The number of benzene rings is 1. The smallest absolute Gasteiger partial charge is 0.317 e. The first-order chi connectivity index (χ1) is 10.0. The van der Waals surface area contributed by atoms with E-state index in [-0.39, 0.29) is 0 Å². The van der Waals surface area contributed by atoms with Crippen LogP contribution >= 0.6 is 0 Å². The molecule has 114 valence electrons. The molecule has 1 N–H and O–H groups in total. The summed E-state index contributed by atoms with van der Waals surface area (Å²) in [7, 11) is 0. The Labute approximate surface area is 121 Å². The van der Waals surface area contributed by atoms with Gasteiger partial charge in [0.25, 0.3) is 0 Å². The van der Waals surface area contributed by atoms with Gasteiger partial charge in [0.1, 0.15) is 0 Å². The van der Waals surface area contributed by atoms with E-state index in [0.29, 0.717) is 5.69 Å². The molecule has 1 heterocycles. The van der Waals surface area contributed by atoms with E-state index in [1.54, 1.807) is 18.5 Å². The van der Waals surface area contributed by atoms with Crippen molar-refractivity contribution < 1.29 is 13.2 Å². The van der Waals surface area contributed by atoms with Gasteiger partial charge in [-0.25, -0.2) is 4.68 Å². The van der Waals surface area contributed by atoms with Gasteiger partial charge in [-0.15, -0.1) is 0 Å². The predicted octanol–water partition coefficient (Wildman–Crippen LogP) is 3.43. The molecular weight excluding hydrogens is 279 g/mol. The van der Waals surface area contributed by atoms with Crippen LogP contribution in [0.5, 0.6) is 0 Å². The van der Waals surface area contributed by atoms with E-state index in [9.17, 15) is 13.2 Å². The Morgan fingerprint density at radius 1 is 1.29 bits per heavy atom. The zero-order valence-corrected chi connectivity index (χ0v) is 11.8. The number of nitrogens with zero attached hydrogens (tertiary/aromatic N) is 2. The number of hydrogen-bond donors (Lipinski definition) is 1. The monoisotopic (exact) mass is 297 g/mol. The van der Waals surface area contributed by atoms with Crippen LogP contribution in [0.15, 0.2) is 36.7 Å². The fraction of sp³-hybridized carbons (Fsp3) is 0.400. The molecule has 0 aliphatic rings. The van der Waals surface area contributed by atoms with Crippen LogP contribution in [0, 0.1) is 0 Å². The summed E-state index contributed by atoms with van der Waals surface area (Å²) in [5.41, 5.74) is 0.775. The Bertz CT molecular complexity index is 576. The fourth-order valence-corrected chi connectivity index (χ4v) is 2.05. The minimum atomic E-state index is -4.34. The lowest BCUT2D eigenvalue weighted by Crippen LogP contribution is -2.14. The zero-order chi connectivity index (χ0) is 15.3. The van der Waals surface area contributed by atoms with Crippen molar-refractivity contribution in [2.45, 2.75) is 25.9 Å².